The average Bonchev–Trinajstić information content (AvgIpc) is 3.26. The van der Waals surface area contributed by atoms with Crippen LogP contribution in [0.3, 0.4) is 0 Å². The van der Waals surface area contributed by atoms with Gasteiger partial charge in [-0.25, -0.2) is 4.39 Å². The maximum Gasteiger partial charge on any atom is 0.233 e. The zero-order chi connectivity index (χ0) is 19.9. The first-order valence-electron chi connectivity index (χ1n) is 10.2. The summed E-state index contributed by atoms with van der Waals surface area (Å²) in [6.07, 6.45) is 4.42. The zero-order valence-electron chi connectivity index (χ0n) is 16.6. The third-order valence-corrected chi connectivity index (χ3v) is 5.27. The number of halogens is 1. The standard InChI is InChI=1S/C24H26FN3O/c25-22-5-3-4-21(16-22)18-29-24-13-12-23(26-27-24)11-10-19-6-8-20(9-7-19)17-28-14-1-2-15-28/h3-9,12-13,16H,1-2,10-11,14-15,17-18H2. The van der Waals surface area contributed by atoms with Crippen LogP contribution < -0.4 is 4.74 Å². The van der Waals surface area contributed by atoms with Crippen molar-refractivity contribution < 1.29 is 9.13 Å². The molecule has 0 amide bonds. The lowest BCUT2D eigenvalue weighted by molar-refractivity contribution is 0.289. The normalized spacial score (nSPS) is 14.2. The minimum Gasteiger partial charge on any atom is -0.472 e. The fourth-order valence-corrected chi connectivity index (χ4v) is 3.62. The smallest absolute Gasteiger partial charge is 0.233 e. The van der Waals surface area contributed by atoms with Gasteiger partial charge in [-0.1, -0.05) is 36.4 Å². The van der Waals surface area contributed by atoms with E-state index >= 15 is 0 Å². The van der Waals surface area contributed by atoms with Crippen LogP contribution in [0.1, 0.15) is 35.2 Å². The largest absolute Gasteiger partial charge is 0.472 e. The first-order chi connectivity index (χ1) is 14.2. The lowest BCUT2D eigenvalue weighted by Crippen LogP contribution is -2.18. The predicted molar refractivity (Wildman–Crippen MR) is 111 cm³/mol. The van der Waals surface area contributed by atoms with Crippen molar-refractivity contribution in [2.24, 2.45) is 0 Å². The summed E-state index contributed by atoms with van der Waals surface area (Å²) in [5.74, 6) is 0.181. The molecule has 0 atom stereocenters. The molecule has 0 saturated carbocycles. The summed E-state index contributed by atoms with van der Waals surface area (Å²) in [5.41, 5.74) is 4.40. The maximum atomic E-state index is 13.2. The zero-order valence-corrected chi connectivity index (χ0v) is 16.6. The molecule has 1 aliphatic rings. The summed E-state index contributed by atoms with van der Waals surface area (Å²) in [6.45, 7) is 3.78. The SMILES string of the molecule is Fc1cccc(COc2ccc(CCc3ccc(CN4CCCC4)cc3)nn2)c1. The van der Waals surface area contributed by atoms with Crippen LogP contribution in [0.2, 0.25) is 0 Å². The Labute approximate surface area is 171 Å². The average molecular weight is 391 g/mol. The molecule has 4 rings (SSSR count). The van der Waals surface area contributed by atoms with E-state index in [-0.39, 0.29) is 12.4 Å². The fraction of sp³-hybridized carbons (Fsp3) is 0.333. The number of hydrogen-bond donors (Lipinski definition) is 0. The van der Waals surface area contributed by atoms with Gasteiger partial charge in [-0.2, -0.15) is 5.10 Å². The third kappa shape index (κ3) is 5.84. The molecule has 5 heteroatoms. The Kier molecular flexibility index (Phi) is 6.47. The molecule has 1 aliphatic heterocycles. The molecule has 1 saturated heterocycles. The Bertz CT molecular complexity index is 906. The molecule has 3 aromatic rings. The van der Waals surface area contributed by atoms with Gasteiger partial charge in [0.15, 0.2) is 0 Å². The van der Waals surface area contributed by atoms with Crippen LogP contribution >= 0.6 is 0 Å². The number of aromatic nitrogens is 2. The second-order valence-electron chi connectivity index (χ2n) is 7.58. The van der Waals surface area contributed by atoms with Gasteiger partial charge in [0, 0.05) is 12.6 Å². The molecule has 0 spiro atoms. The van der Waals surface area contributed by atoms with Crippen molar-refractivity contribution in [1.82, 2.24) is 15.1 Å². The Hall–Kier alpha value is -2.79. The van der Waals surface area contributed by atoms with Gasteiger partial charge in [-0.15, -0.1) is 5.10 Å². The van der Waals surface area contributed by atoms with Gasteiger partial charge in [-0.3, -0.25) is 4.90 Å². The molecule has 0 bridgehead atoms. The highest BCUT2D eigenvalue weighted by Gasteiger charge is 2.11. The van der Waals surface area contributed by atoms with Gasteiger partial charge in [0.1, 0.15) is 12.4 Å². The monoisotopic (exact) mass is 391 g/mol. The van der Waals surface area contributed by atoms with E-state index in [9.17, 15) is 4.39 Å². The topological polar surface area (TPSA) is 38.2 Å². The molecule has 0 aliphatic carbocycles. The van der Waals surface area contributed by atoms with E-state index in [4.69, 9.17) is 4.74 Å². The summed E-state index contributed by atoms with van der Waals surface area (Å²) in [5, 5.41) is 8.38. The van der Waals surface area contributed by atoms with Crippen molar-refractivity contribution in [3.8, 4) is 5.88 Å². The molecule has 2 heterocycles. The number of hydrogen-bond acceptors (Lipinski definition) is 4. The van der Waals surface area contributed by atoms with E-state index in [1.807, 2.05) is 18.2 Å². The molecule has 0 unspecified atom stereocenters. The number of likely N-dealkylation sites (tertiary alicyclic amines) is 1. The minimum atomic E-state index is -0.267. The van der Waals surface area contributed by atoms with Crippen molar-refractivity contribution in [1.29, 1.82) is 0 Å². The van der Waals surface area contributed by atoms with Crippen LogP contribution in [0.25, 0.3) is 0 Å². The van der Waals surface area contributed by atoms with E-state index < -0.39 is 0 Å². The van der Waals surface area contributed by atoms with Crippen molar-refractivity contribution in [3.63, 3.8) is 0 Å². The van der Waals surface area contributed by atoms with E-state index in [0.29, 0.717) is 5.88 Å². The van der Waals surface area contributed by atoms with Gasteiger partial charge < -0.3 is 4.74 Å². The molecule has 1 fully saturated rings. The van der Waals surface area contributed by atoms with Gasteiger partial charge in [0.2, 0.25) is 5.88 Å². The lowest BCUT2D eigenvalue weighted by Gasteiger charge is -2.14. The van der Waals surface area contributed by atoms with Crippen LogP contribution in [-0.2, 0) is 26.0 Å². The van der Waals surface area contributed by atoms with Crippen LogP contribution in [0, 0.1) is 5.82 Å². The van der Waals surface area contributed by atoms with Crippen molar-refractivity contribution >= 4 is 0 Å². The summed E-state index contributed by atoms with van der Waals surface area (Å²) in [6, 6.07) is 19.0. The van der Waals surface area contributed by atoms with Crippen LogP contribution in [0.4, 0.5) is 4.39 Å². The fourth-order valence-electron chi connectivity index (χ4n) is 3.62. The second-order valence-corrected chi connectivity index (χ2v) is 7.58. The van der Waals surface area contributed by atoms with Crippen molar-refractivity contribution in [2.45, 2.75) is 38.8 Å². The number of rotatable bonds is 8. The van der Waals surface area contributed by atoms with Gasteiger partial charge in [0.05, 0.1) is 5.69 Å². The Morgan fingerprint density at radius 2 is 1.62 bits per heavy atom. The summed E-state index contributed by atoms with van der Waals surface area (Å²) >= 11 is 0. The quantitative estimate of drug-likeness (QED) is 0.564. The first-order valence-corrected chi connectivity index (χ1v) is 10.2. The van der Waals surface area contributed by atoms with Gasteiger partial charge >= 0.3 is 0 Å². The van der Waals surface area contributed by atoms with Crippen molar-refractivity contribution in [2.75, 3.05) is 13.1 Å². The first kappa shape index (κ1) is 19.5. The van der Waals surface area contributed by atoms with E-state index in [2.05, 4.69) is 39.4 Å². The molecule has 0 radical (unpaired) electrons. The minimum absolute atomic E-state index is 0.267. The third-order valence-electron chi connectivity index (χ3n) is 5.27. The van der Waals surface area contributed by atoms with Crippen LogP contribution in [0.15, 0.2) is 60.7 Å². The molecule has 1 aromatic heterocycles. The highest BCUT2D eigenvalue weighted by Crippen LogP contribution is 2.15. The number of ether oxygens (including phenoxy) is 1. The Morgan fingerprint density at radius 1 is 0.828 bits per heavy atom. The van der Waals surface area contributed by atoms with Crippen LogP contribution in [-0.4, -0.2) is 28.2 Å². The van der Waals surface area contributed by atoms with Crippen molar-refractivity contribution in [3.05, 3.63) is 88.9 Å². The molecule has 29 heavy (non-hydrogen) atoms. The number of benzene rings is 2. The van der Waals surface area contributed by atoms with Gasteiger partial charge in [-0.05, 0) is 73.7 Å². The summed E-state index contributed by atoms with van der Waals surface area (Å²) < 4.78 is 18.8. The Balaban J connectivity index is 1.24. The summed E-state index contributed by atoms with van der Waals surface area (Å²) in [4.78, 5) is 2.52. The van der Waals surface area contributed by atoms with E-state index in [0.717, 1.165) is 30.6 Å². The second kappa shape index (κ2) is 9.61. The molecule has 150 valence electrons. The molecule has 0 N–H and O–H groups in total. The van der Waals surface area contributed by atoms with Crippen LogP contribution in [0.5, 0.6) is 5.88 Å². The molecular weight excluding hydrogens is 365 g/mol. The lowest BCUT2D eigenvalue weighted by atomic mass is 10.1. The molecule has 2 aromatic carbocycles. The summed E-state index contributed by atoms with van der Waals surface area (Å²) in [7, 11) is 0. The molecular formula is C24H26FN3O. The number of nitrogens with zero attached hydrogens (tertiary/aromatic N) is 3. The number of aryl methyl sites for hydroxylation is 2. The maximum absolute atomic E-state index is 13.2. The van der Waals surface area contributed by atoms with E-state index in [1.54, 1.807) is 6.07 Å². The van der Waals surface area contributed by atoms with E-state index in [1.165, 1.54) is 49.2 Å². The molecule has 4 nitrogen and oxygen atoms in total. The van der Waals surface area contributed by atoms with Gasteiger partial charge in [0.25, 0.3) is 0 Å². The highest BCUT2D eigenvalue weighted by molar-refractivity contribution is 5.24. The highest BCUT2D eigenvalue weighted by atomic mass is 19.1. The predicted octanol–water partition coefficient (Wildman–Crippen LogP) is 4.58. The Morgan fingerprint density at radius 3 is 2.34 bits per heavy atom.